The summed E-state index contributed by atoms with van der Waals surface area (Å²) in [6, 6.07) is 6.16. The lowest BCUT2D eigenvalue weighted by molar-refractivity contribution is -0.120. The Morgan fingerprint density at radius 1 is 1.28 bits per heavy atom. The highest BCUT2D eigenvalue weighted by Crippen LogP contribution is 2.47. The van der Waals surface area contributed by atoms with Crippen LogP contribution in [0.2, 0.25) is 5.02 Å². The Balaban J connectivity index is 0.00000240. The Morgan fingerprint density at radius 2 is 2.00 bits per heavy atom. The van der Waals surface area contributed by atoms with Crippen molar-refractivity contribution >= 4 is 41.7 Å². The third-order valence-electron chi connectivity index (χ3n) is 6.39. The fraction of sp³-hybridized carbons (Fsp3) is 0.600. The molecular formula is C20H28Cl2N4O3. The van der Waals surface area contributed by atoms with E-state index in [-0.39, 0.29) is 23.7 Å². The number of carbonyl (C=O) groups is 2. The number of anilines is 1. The molecule has 1 aromatic rings. The number of hydrogen-bond acceptors (Lipinski definition) is 4. The van der Waals surface area contributed by atoms with Crippen LogP contribution in [0.15, 0.2) is 18.2 Å². The van der Waals surface area contributed by atoms with Crippen molar-refractivity contribution in [2.45, 2.75) is 31.2 Å². The van der Waals surface area contributed by atoms with E-state index in [1.807, 2.05) is 23.1 Å². The first-order valence-corrected chi connectivity index (χ1v) is 10.3. The summed E-state index contributed by atoms with van der Waals surface area (Å²) in [5, 5.41) is 13.3. The number of fused-ring (bicyclic) bond motifs is 2. The van der Waals surface area contributed by atoms with Gasteiger partial charge >= 0.3 is 6.09 Å². The number of nitrogens with one attached hydrogen (secondary N) is 1. The van der Waals surface area contributed by atoms with E-state index in [4.69, 9.17) is 11.6 Å². The van der Waals surface area contributed by atoms with E-state index in [9.17, 15) is 14.7 Å². The summed E-state index contributed by atoms with van der Waals surface area (Å²) in [7, 11) is 0. The van der Waals surface area contributed by atoms with Crippen molar-refractivity contribution in [2.24, 2.45) is 0 Å². The highest BCUT2D eigenvalue weighted by atomic mass is 35.5. The fourth-order valence-corrected chi connectivity index (χ4v) is 5.02. The molecule has 2 N–H and O–H groups in total. The molecular weight excluding hydrogens is 415 g/mol. The molecule has 3 heterocycles. The van der Waals surface area contributed by atoms with Crippen LogP contribution in [0.4, 0.5) is 10.5 Å². The summed E-state index contributed by atoms with van der Waals surface area (Å²) in [6.07, 6.45) is 0.579. The number of amides is 2. The number of carbonyl (C=O) groups excluding carboxylic acids is 1. The molecule has 4 rings (SSSR count). The van der Waals surface area contributed by atoms with Gasteiger partial charge in [0.1, 0.15) is 0 Å². The molecule has 0 aliphatic carbocycles. The second-order valence-corrected chi connectivity index (χ2v) is 8.72. The molecule has 0 saturated carbocycles. The largest absolute Gasteiger partial charge is 0.465 e. The predicted octanol–water partition coefficient (Wildman–Crippen LogP) is 2.41. The van der Waals surface area contributed by atoms with Crippen molar-refractivity contribution in [3.8, 4) is 0 Å². The number of likely N-dealkylation sites (tertiary alicyclic amines) is 1. The molecule has 3 aliphatic rings. The Bertz CT molecular complexity index is 783. The van der Waals surface area contributed by atoms with Crippen LogP contribution in [0.25, 0.3) is 0 Å². The Hall–Kier alpha value is -1.54. The van der Waals surface area contributed by atoms with E-state index >= 15 is 0 Å². The smallest absolute Gasteiger partial charge is 0.407 e. The van der Waals surface area contributed by atoms with Gasteiger partial charge in [0.05, 0.1) is 6.54 Å². The van der Waals surface area contributed by atoms with E-state index < -0.39 is 6.09 Å². The van der Waals surface area contributed by atoms with Gasteiger partial charge in [-0.05, 0) is 37.5 Å². The Kier molecular flexibility index (Phi) is 6.63. The summed E-state index contributed by atoms with van der Waals surface area (Å²) in [5.41, 5.74) is 1.84. The minimum absolute atomic E-state index is 0. The van der Waals surface area contributed by atoms with Gasteiger partial charge in [-0.3, -0.25) is 9.69 Å². The molecule has 160 valence electrons. The SMILES string of the molecule is C[C@@H]1CN(CC(=O)N2CC3(CCN(C(=O)O)CC3)c3ccc(Cl)cc32)CCN1.Cl. The van der Waals surface area contributed by atoms with Crippen LogP contribution in [-0.4, -0.2) is 78.8 Å². The first-order chi connectivity index (χ1) is 13.4. The molecule has 7 nitrogen and oxygen atoms in total. The van der Waals surface area contributed by atoms with Crippen LogP contribution >= 0.6 is 24.0 Å². The zero-order chi connectivity index (χ0) is 19.9. The minimum atomic E-state index is -0.870. The standard InChI is InChI=1S/C20H27ClN4O3.ClH/c1-14-11-23(9-6-22-14)12-18(26)25-13-20(4-7-24(8-5-20)19(27)28)16-3-2-15(21)10-17(16)25;/h2-3,10,14,22H,4-9,11-13H2,1H3,(H,27,28);1H/t14-;/m1./s1. The minimum Gasteiger partial charge on any atom is -0.465 e. The normalized spacial score (nSPS) is 23.6. The van der Waals surface area contributed by atoms with Crippen LogP contribution in [-0.2, 0) is 10.2 Å². The third kappa shape index (κ3) is 4.33. The van der Waals surface area contributed by atoms with Crippen LogP contribution in [0, 0.1) is 0 Å². The predicted molar refractivity (Wildman–Crippen MR) is 115 cm³/mol. The molecule has 0 bridgehead atoms. The van der Waals surface area contributed by atoms with Crippen LogP contribution in [0.5, 0.6) is 0 Å². The first-order valence-electron chi connectivity index (χ1n) is 9.92. The highest BCUT2D eigenvalue weighted by molar-refractivity contribution is 6.31. The van der Waals surface area contributed by atoms with E-state index in [0.29, 0.717) is 37.2 Å². The van der Waals surface area contributed by atoms with Crippen LogP contribution < -0.4 is 10.2 Å². The summed E-state index contributed by atoms with van der Waals surface area (Å²) in [5.74, 6) is 0.0927. The van der Waals surface area contributed by atoms with E-state index in [0.717, 1.165) is 43.7 Å². The summed E-state index contributed by atoms with van der Waals surface area (Å²) in [6.45, 7) is 6.75. The molecule has 2 amide bonds. The lowest BCUT2D eigenvalue weighted by atomic mass is 9.74. The molecule has 29 heavy (non-hydrogen) atoms. The van der Waals surface area contributed by atoms with Crippen molar-refractivity contribution < 1.29 is 14.7 Å². The molecule has 3 aliphatic heterocycles. The van der Waals surface area contributed by atoms with Gasteiger partial charge in [-0.2, -0.15) is 0 Å². The Morgan fingerprint density at radius 3 is 2.66 bits per heavy atom. The zero-order valence-electron chi connectivity index (χ0n) is 16.6. The van der Waals surface area contributed by atoms with Gasteiger partial charge in [0.15, 0.2) is 0 Å². The summed E-state index contributed by atoms with van der Waals surface area (Å²) in [4.78, 5) is 30.1. The second-order valence-electron chi connectivity index (χ2n) is 8.28. The van der Waals surface area contributed by atoms with Crippen molar-refractivity contribution in [3.63, 3.8) is 0 Å². The van der Waals surface area contributed by atoms with E-state index in [2.05, 4.69) is 17.1 Å². The number of halogens is 2. The van der Waals surface area contributed by atoms with Gasteiger partial charge in [0.2, 0.25) is 5.91 Å². The number of piperidine rings is 1. The molecule has 0 radical (unpaired) electrons. The molecule has 2 fully saturated rings. The molecule has 0 unspecified atom stereocenters. The van der Waals surface area contributed by atoms with Gasteiger partial charge in [0.25, 0.3) is 0 Å². The fourth-order valence-electron chi connectivity index (χ4n) is 4.86. The summed E-state index contributed by atoms with van der Waals surface area (Å²) >= 11 is 6.25. The average Bonchev–Trinajstić information content (AvgIpc) is 2.95. The first kappa shape index (κ1) is 22.2. The molecule has 1 spiro atoms. The van der Waals surface area contributed by atoms with Gasteiger partial charge in [0, 0.05) is 61.4 Å². The number of hydrogen-bond donors (Lipinski definition) is 2. The van der Waals surface area contributed by atoms with Crippen LogP contribution in [0.1, 0.15) is 25.3 Å². The zero-order valence-corrected chi connectivity index (χ0v) is 18.1. The van der Waals surface area contributed by atoms with Crippen molar-refractivity contribution in [1.82, 2.24) is 15.1 Å². The molecule has 2 saturated heterocycles. The Labute approximate surface area is 182 Å². The van der Waals surface area contributed by atoms with Crippen molar-refractivity contribution in [1.29, 1.82) is 0 Å². The lowest BCUT2D eigenvalue weighted by Crippen LogP contribution is -2.53. The second kappa shape index (κ2) is 8.68. The number of nitrogens with zero attached hydrogens (tertiary/aromatic N) is 3. The van der Waals surface area contributed by atoms with E-state index in [1.54, 1.807) is 0 Å². The molecule has 0 aromatic heterocycles. The highest BCUT2D eigenvalue weighted by Gasteiger charge is 2.47. The van der Waals surface area contributed by atoms with E-state index in [1.165, 1.54) is 4.90 Å². The number of carboxylic acid groups (broad SMARTS) is 1. The van der Waals surface area contributed by atoms with Gasteiger partial charge in [-0.15, -0.1) is 12.4 Å². The monoisotopic (exact) mass is 442 g/mol. The summed E-state index contributed by atoms with van der Waals surface area (Å²) < 4.78 is 0. The number of rotatable bonds is 2. The quantitative estimate of drug-likeness (QED) is 0.735. The lowest BCUT2D eigenvalue weighted by Gasteiger charge is -2.39. The number of benzene rings is 1. The average molecular weight is 443 g/mol. The maximum Gasteiger partial charge on any atom is 0.407 e. The van der Waals surface area contributed by atoms with Crippen molar-refractivity contribution in [3.05, 3.63) is 28.8 Å². The topological polar surface area (TPSA) is 76.1 Å². The van der Waals surface area contributed by atoms with Gasteiger partial charge < -0.3 is 20.2 Å². The molecule has 1 aromatic carbocycles. The van der Waals surface area contributed by atoms with Gasteiger partial charge in [-0.25, -0.2) is 4.79 Å². The van der Waals surface area contributed by atoms with Crippen LogP contribution in [0.3, 0.4) is 0 Å². The van der Waals surface area contributed by atoms with Crippen molar-refractivity contribution in [2.75, 3.05) is 50.7 Å². The maximum absolute atomic E-state index is 13.2. The maximum atomic E-state index is 13.2. The molecule has 9 heteroatoms. The van der Waals surface area contributed by atoms with Gasteiger partial charge in [-0.1, -0.05) is 17.7 Å². The molecule has 1 atom stereocenters. The number of piperazine rings is 1. The third-order valence-corrected chi connectivity index (χ3v) is 6.62.